The zero-order valence-electron chi connectivity index (χ0n) is 16.2. The van der Waals surface area contributed by atoms with Gasteiger partial charge in [-0.2, -0.15) is 4.31 Å². The highest BCUT2D eigenvalue weighted by molar-refractivity contribution is 7.89. The summed E-state index contributed by atoms with van der Waals surface area (Å²) in [6, 6.07) is 5.46. The zero-order chi connectivity index (χ0) is 19.8. The number of hydrogen-bond donors (Lipinski definition) is 0. The van der Waals surface area contributed by atoms with Gasteiger partial charge in [0, 0.05) is 26.2 Å². The normalized spacial score (nSPS) is 15.9. The van der Waals surface area contributed by atoms with Gasteiger partial charge in [-0.3, -0.25) is 4.79 Å². The van der Waals surface area contributed by atoms with Gasteiger partial charge in [0.05, 0.1) is 15.6 Å². The fourth-order valence-corrected chi connectivity index (χ4v) is 5.91. The molecule has 0 aliphatic carbocycles. The first-order chi connectivity index (χ1) is 12.7. The maximum atomic E-state index is 13.0. The van der Waals surface area contributed by atoms with Crippen molar-refractivity contribution in [1.29, 1.82) is 0 Å². The van der Waals surface area contributed by atoms with Gasteiger partial charge < -0.3 is 4.90 Å². The topological polar surface area (TPSA) is 70.6 Å². The maximum absolute atomic E-state index is 13.0. The van der Waals surface area contributed by atoms with Crippen molar-refractivity contribution in [3.05, 3.63) is 44.9 Å². The largest absolute Gasteiger partial charge is 0.335 e. The van der Waals surface area contributed by atoms with Crippen molar-refractivity contribution in [3.63, 3.8) is 0 Å². The number of hydrogen-bond acceptors (Lipinski definition) is 5. The average molecular weight is 408 g/mol. The molecule has 3 rings (SSSR count). The van der Waals surface area contributed by atoms with Crippen LogP contribution in [0.15, 0.2) is 23.1 Å². The molecule has 8 heteroatoms. The summed E-state index contributed by atoms with van der Waals surface area (Å²) >= 11 is 1.43. The molecule has 1 aromatic carbocycles. The van der Waals surface area contributed by atoms with Gasteiger partial charge in [0.25, 0.3) is 5.91 Å². The van der Waals surface area contributed by atoms with Crippen molar-refractivity contribution in [2.75, 3.05) is 26.2 Å². The highest BCUT2D eigenvalue weighted by Crippen LogP contribution is 2.24. The number of carbonyl (C=O) groups excluding carboxylic acids is 1. The average Bonchev–Trinajstić information content (AvgIpc) is 3.04. The first kappa shape index (κ1) is 20.0. The molecule has 2 aromatic rings. The molecule has 0 N–H and O–H groups in total. The number of sulfonamides is 1. The van der Waals surface area contributed by atoms with Crippen LogP contribution in [0.1, 0.15) is 38.4 Å². The second-order valence-electron chi connectivity index (χ2n) is 6.84. The van der Waals surface area contributed by atoms with Crippen molar-refractivity contribution in [3.8, 4) is 0 Å². The third kappa shape index (κ3) is 3.93. The number of aromatic nitrogens is 1. The van der Waals surface area contributed by atoms with Gasteiger partial charge in [-0.1, -0.05) is 19.1 Å². The summed E-state index contributed by atoms with van der Waals surface area (Å²) in [5, 5.41) is 0.951. The SMILES string of the molecule is CCc1nc(C)c(C(=O)N2CCN(S(=O)(=O)c3cc(C)ccc3C)CC2)s1. The fraction of sp³-hybridized carbons (Fsp3) is 0.474. The Bertz CT molecular complexity index is 959. The van der Waals surface area contributed by atoms with Crippen LogP contribution in [0.3, 0.4) is 0 Å². The molecule has 1 aliphatic rings. The molecule has 0 unspecified atom stereocenters. The minimum absolute atomic E-state index is 0.0477. The van der Waals surface area contributed by atoms with E-state index in [1.165, 1.54) is 15.6 Å². The standard InChI is InChI=1S/C19H25N3O3S2/c1-5-17-20-15(4)18(26-17)19(23)21-8-10-22(11-9-21)27(24,25)16-12-13(2)6-7-14(16)3/h6-7,12H,5,8-11H2,1-4H3. The van der Waals surface area contributed by atoms with E-state index in [0.717, 1.165) is 28.2 Å². The molecule has 146 valence electrons. The zero-order valence-corrected chi connectivity index (χ0v) is 17.8. The van der Waals surface area contributed by atoms with Crippen LogP contribution < -0.4 is 0 Å². The van der Waals surface area contributed by atoms with Crippen LogP contribution in [-0.4, -0.2) is 54.7 Å². The van der Waals surface area contributed by atoms with Crippen molar-refractivity contribution in [2.45, 2.75) is 39.0 Å². The van der Waals surface area contributed by atoms with Gasteiger partial charge in [0.15, 0.2) is 0 Å². The van der Waals surface area contributed by atoms with Crippen LogP contribution in [0.5, 0.6) is 0 Å². The van der Waals surface area contributed by atoms with Crippen molar-refractivity contribution in [1.82, 2.24) is 14.2 Å². The summed E-state index contributed by atoms with van der Waals surface area (Å²) in [6.07, 6.45) is 0.806. The van der Waals surface area contributed by atoms with Gasteiger partial charge in [-0.25, -0.2) is 13.4 Å². The molecule has 1 saturated heterocycles. The molecule has 0 radical (unpaired) electrons. The Morgan fingerprint density at radius 1 is 1.15 bits per heavy atom. The molecule has 0 spiro atoms. The lowest BCUT2D eigenvalue weighted by molar-refractivity contribution is 0.0702. The third-order valence-electron chi connectivity index (χ3n) is 4.82. The summed E-state index contributed by atoms with van der Waals surface area (Å²) in [4.78, 5) is 20.0. The molecule has 1 fully saturated rings. The Hall–Kier alpha value is -1.77. The monoisotopic (exact) mass is 407 g/mol. The van der Waals surface area contributed by atoms with E-state index in [-0.39, 0.29) is 5.91 Å². The number of carbonyl (C=O) groups is 1. The molecule has 1 aliphatic heterocycles. The van der Waals surface area contributed by atoms with Gasteiger partial charge in [0.1, 0.15) is 4.88 Å². The van der Waals surface area contributed by atoms with E-state index < -0.39 is 10.0 Å². The number of rotatable bonds is 4. The Morgan fingerprint density at radius 3 is 2.41 bits per heavy atom. The maximum Gasteiger partial charge on any atom is 0.265 e. The van der Waals surface area contributed by atoms with Crippen molar-refractivity contribution in [2.24, 2.45) is 0 Å². The van der Waals surface area contributed by atoms with Crippen LogP contribution >= 0.6 is 11.3 Å². The Morgan fingerprint density at radius 2 is 1.81 bits per heavy atom. The van der Waals surface area contributed by atoms with Gasteiger partial charge in [0.2, 0.25) is 10.0 Å². The number of thiazole rings is 1. The summed E-state index contributed by atoms with van der Waals surface area (Å²) in [7, 11) is -3.55. The minimum Gasteiger partial charge on any atom is -0.335 e. The summed E-state index contributed by atoms with van der Waals surface area (Å²) in [5.41, 5.74) is 2.42. The second kappa shape index (κ2) is 7.69. The molecular weight excluding hydrogens is 382 g/mol. The highest BCUT2D eigenvalue weighted by Gasteiger charge is 2.32. The number of nitrogens with zero attached hydrogens (tertiary/aromatic N) is 3. The van der Waals surface area contributed by atoms with Crippen molar-refractivity contribution < 1.29 is 13.2 Å². The Labute approximate surface area is 164 Å². The lowest BCUT2D eigenvalue weighted by Gasteiger charge is -2.34. The molecule has 0 bridgehead atoms. The molecule has 27 heavy (non-hydrogen) atoms. The van der Waals surface area contributed by atoms with Gasteiger partial charge in [-0.15, -0.1) is 11.3 Å². The van der Waals surface area contributed by atoms with Crippen LogP contribution in [0.4, 0.5) is 0 Å². The Kier molecular flexibility index (Phi) is 5.69. The predicted molar refractivity (Wildman–Crippen MR) is 107 cm³/mol. The van der Waals surface area contributed by atoms with Gasteiger partial charge >= 0.3 is 0 Å². The molecule has 2 heterocycles. The van der Waals surface area contributed by atoms with E-state index in [9.17, 15) is 13.2 Å². The highest BCUT2D eigenvalue weighted by atomic mass is 32.2. The number of piperazine rings is 1. The van der Waals surface area contributed by atoms with E-state index in [4.69, 9.17) is 0 Å². The predicted octanol–water partition coefficient (Wildman–Crippen LogP) is 2.78. The van der Waals surface area contributed by atoms with E-state index in [1.54, 1.807) is 11.0 Å². The second-order valence-corrected chi connectivity index (χ2v) is 9.83. The smallest absolute Gasteiger partial charge is 0.265 e. The fourth-order valence-electron chi connectivity index (χ4n) is 3.20. The first-order valence-electron chi connectivity index (χ1n) is 9.07. The third-order valence-corrected chi connectivity index (χ3v) is 8.16. The van der Waals surface area contributed by atoms with Crippen LogP contribution in [0, 0.1) is 20.8 Å². The molecular formula is C19H25N3O3S2. The van der Waals surface area contributed by atoms with Crippen LogP contribution in [-0.2, 0) is 16.4 Å². The minimum atomic E-state index is -3.55. The van der Waals surface area contributed by atoms with Crippen molar-refractivity contribution >= 4 is 27.3 Å². The number of benzene rings is 1. The molecule has 1 amide bonds. The molecule has 1 aromatic heterocycles. The van der Waals surface area contributed by atoms with Crippen LogP contribution in [0.25, 0.3) is 0 Å². The quantitative estimate of drug-likeness (QED) is 0.781. The molecule has 0 atom stereocenters. The van der Waals surface area contributed by atoms with E-state index in [0.29, 0.717) is 36.0 Å². The van der Waals surface area contributed by atoms with E-state index in [1.807, 2.05) is 39.8 Å². The lowest BCUT2D eigenvalue weighted by atomic mass is 10.2. The van der Waals surface area contributed by atoms with Crippen LogP contribution in [0.2, 0.25) is 0 Å². The number of aryl methyl sites for hydroxylation is 4. The molecule has 0 saturated carbocycles. The Balaban J connectivity index is 1.74. The summed E-state index contributed by atoms with van der Waals surface area (Å²) < 4.78 is 27.5. The summed E-state index contributed by atoms with van der Waals surface area (Å²) in [6.45, 7) is 8.96. The molecule has 6 nitrogen and oxygen atoms in total. The first-order valence-corrected chi connectivity index (χ1v) is 11.3. The summed E-state index contributed by atoms with van der Waals surface area (Å²) in [5.74, 6) is -0.0477. The van der Waals surface area contributed by atoms with E-state index in [2.05, 4.69) is 4.98 Å². The number of amides is 1. The van der Waals surface area contributed by atoms with Gasteiger partial charge in [-0.05, 0) is 44.4 Å². The lowest BCUT2D eigenvalue weighted by Crippen LogP contribution is -2.50. The van der Waals surface area contributed by atoms with E-state index >= 15 is 0 Å².